The Labute approximate surface area is 116 Å². The maximum absolute atomic E-state index is 11.3. The molecule has 2 rings (SSSR count). The van der Waals surface area contributed by atoms with E-state index in [4.69, 9.17) is 11.6 Å². The second-order valence-electron chi connectivity index (χ2n) is 3.87. The molecule has 1 amide bonds. The van der Waals surface area contributed by atoms with Crippen LogP contribution in [0.5, 0.6) is 0 Å². The summed E-state index contributed by atoms with van der Waals surface area (Å²) in [6, 6.07) is 10.9. The van der Waals surface area contributed by atoms with Gasteiger partial charge in [-0.3, -0.25) is 4.79 Å². The molecular formula is C13H13ClN4O. The molecule has 0 saturated carbocycles. The van der Waals surface area contributed by atoms with E-state index < -0.39 is 0 Å². The van der Waals surface area contributed by atoms with Crippen molar-refractivity contribution >= 4 is 23.3 Å². The number of aromatic nitrogens is 2. The largest absolute Gasteiger partial charge is 0.365 e. The molecule has 0 aliphatic rings. The fourth-order valence-electron chi connectivity index (χ4n) is 1.52. The average molecular weight is 277 g/mol. The molecule has 2 aromatic rings. The Morgan fingerprint density at radius 2 is 2.11 bits per heavy atom. The second kappa shape index (κ2) is 6.15. The molecule has 1 aromatic heterocycles. The van der Waals surface area contributed by atoms with Gasteiger partial charge in [0.1, 0.15) is 5.82 Å². The normalized spacial score (nSPS) is 10.0. The smallest absolute Gasteiger partial charge is 0.271 e. The first-order valence-electron chi connectivity index (χ1n) is 5.73. The van der Waals surface area contributed by atoms with Gasteiger partial charge in [0, 0.05) is 18.6 Å². The van der Waals surface area contributed by atoms with Crippen LogP contribution in [-0.2, 0) is 6.54 Å². The van der Waals surface area contributed by atoms with Crippen molar-refractivity contribution in [3.8, 4) is 0 Å². The lowest BCUT2D eigenvalue weighted by atomic mass is 10.2. The Morgan fingerprint density at radius 1 is 1.26 bits per heavy atom. The van der Waals surface area contributed by atoms with E-state index in [0.29, 0.717) is 17.4 Å². The molecule has 0 spiro atoms. The molecule has 0 radical (unpaired) electrons. The van der Waals surface area contributed by atoms with Gasteiger partial charge in [-0.25, -0.2) is 0 Å². The van der Waals surface area contributed by atoms with Crippen molar-refractivity contribution in [2.45, 2.75) is 6.54 Å². The van der Waals surface area contributed by atoms with Crippen LogP contribution in [0.4, 0.5) is 5.82 Å². The van der Waals surface area contributed by atoms with E-state index in [2.05, 4.69) is 20.8 Å². The molecule has 19 heavy (non-hydrogen) atoms. The highest BCUT2D eigenvalue weighted by atomic mass is 35.5. The number of carbonyl (C=O) groups is 1. The number of hydrogen-bond donors (Lipinski definition) is 2. The summed E-state index contributed by atoms with van der Waals surface area (Å²) in [4.78, 5) is 11.3. The van der Waals surface area contributed by atoms with Crippen molar-refractivity contribution in [2.75, 3.05) is 12.4 Å². The van der Waals surface area contributed by atoms with Crippen LogP contribution >= 0.6 is 11.6 Å². The van der Waals surface area contributed by atoms with Gasteiger partial charge in [-0.2, -0.15) is 0 Å². The molecule has 0 aliphatic carbocycles. The van der Waals surface area contributed by atoms with Crippen LogP contribution in [-0.4, -0.2) is 23.2 Å². The topological polar surface area (TPSA) is 66.9 Å². The fourth-order valence-corrected chi connectivity index (χ4v) is 1.73. The highest BCUT2D eigenvalue weighted by Crippen LogP contribution is 2.12. The summed E-state index contributed by atoms with van der Waals surface area (Å²) in [7, 11) is 1.55. The van der Waals surface area contributed by atoms with Gasteiger partial charge >= 0.3 is 0 Å². The first-order valence-corrected chi connectivity index (χ1v) is 6.11. The van der Waals surface area contributed by atoms with Crippen molar-refractivity contribution < 1.29 is 4.79 Å². The van der Waals surface area contributed by atoms with Gasteiger partial charge in [0.25, 0.3) is 5.91 Å². The molecule has 98 valence electrons. The maximum atomic E-state index is 11.3. The van der Waals surface area contributed by atoms with Crippen molar-refractivity contribution in [3.05, 3.63) is 52.7 Å². The van der Waals surface area contributed by atoms with E-state index in [1.165, 1.54) is 0 Å². The summed E-state index contributed by atoms with van der Waals surface area (Å²) in [6.45, 7) is 0.592. The van der Waals surface area contributed by atoms with Gasteiger partial charge in [-0.1, -0.05) is 23.7 Å². The SMILES string of the molecule is CNC(=O)c1ccc(NCc2cccc(Cl)c2)nn1. The van der Waals surface area contributed by atoms with Crippen LogP contribution in [0.25, 0.3) is 0 Å². The summed E-state index contributed by atoms with van der Waals surface area (Å²) in [5.41, 5.74) is 1.33. The van der Waals surface area contributed by atoms with Crippen molar-refractivity contribution in [1.29, 1.82) is 0 Å². The quantitative estimate of drug-likeness (QED) is 0.897. The molecule has 1 aromatic carbocycles. The van der Waals surface area contributed by atoms with Gasteiger partial charge in [0.2, 0.25) is 0 Å². The molecule has 0 unspecified atom stereocenters. The number of rotatable bonds is 4. The molecule has 0 atom stereocenters. The Balaban J connectivity index is 1.98. The van der Waals surface area contributed by atoms with Crippen LogP contribution in [0.15, 0.2) is 36.4 Å². The van der Waals surface area contributed by atoms with Crippen LogP contribution < -0.4 is 10.6 Å². The van der Waals surface area contributed by atoms with Gasteiger partial charge in [-0.15, -0.1) is 10.2 Å². The number of carbonyl (C=O) groups excluding carboxylic acids is 1. The van der Waals surface area contributed by atoms with Gasteiger partial charge in [0.15, 0.2) is 5.69 Å². The standard InChI is InChI=1S/C13H13ClN4O/c1-15-13(19)11-5-6-12(18-17-11)16-8-9-3-2-4-10(14)7-9/h2-7H,8H2,1H3,(H,15,19)(H,16,18). The van der Waals surface area contributed by atoms with Gasteiger partial charge in [0.05, 0.1) is 0 Å². The fraction of sp³-hybridized carbons (Fsp3) is 0.154. The number of halogens is 1. The zero-order valence-electron chi connectivity index (χ0n) is 10.4. The van der Waals surface area contributed by atoms with E-state index in [-0.39, 0.29) is 11.6 Å². The van der Waals surface area contributed by atoms with E-state index in [1.54, 1.807) is 19.2 Å². The molecule has 0 fully saturated rings. The van der Waals surface area contributed by atoms with Crippen molar-refractivity contribution in [2.24, 2.45) is 0 Å². The Bertz CT molecular complexity index is 571. The van der Waals surface area contributed by atoms with E-state index >= 15 is 0 Å². The summed E-state index contributed by atoms with van der Waals surface area (Å²) in [5, 5.41) is 14.1. The van der Waals surface area contributed by atoms with E-state index in [9.17, 15) is 4.79 Å². The minimum absolute atomic E-state index is 0.256. The Kier molecular flexibility index (Phi) is 4.30. The van der Waals surface area contributed by atoms with Crippen molar-refractivity contribution in [3.63, 3.8) is 0 Å². The average Bonchev–Trinajstić information content (AvgIpc) is 2.45. The third kappa shape index (κ3) is 3.66. The third-order valence-corrected chi connectivity index (χ3v) is 2.72. The summed E-state index contributed by atoms with van der Waals surface area (Å²) in [5.74, 6) is 0.349. The zero-order valence-corrected chi connectivity index (χ0v) is 11.1. The Hall–Kier alpha value is -2.14. The summed E-state index contributed by atoms with van der Waals surface area (Å²) >= 11 is 5.90. The lowest BCUT2D eigenvalue weighted by Crippen LogP contribution is -2.19. The van der Waals surface area contributed by atoms with Gasteiger partial charge in [-0.05, 0) is 29.8 Å². The number of anilines is 1. The number of benzene rings is 1. The molecule has 0 aliphatic heterocycles. The monoisotopic (exact) mass is 276 g/mol. The molecule has 0 bridgehead atoms. The minimum Gasteiger partial charge on any atom is -0.365 e. The molecule has 5 nitrogen and oxygen atoms in total. The van der Waals surface area contributed by atoms with Crippen LogP contribution in [0.2, 0.25) is 5.02 Å². The second-order valence-corrected chi connectivity index (χ2v) is 4.30. The Morgan fingerprint density at radius 3 is 2.74 bits per heavy atom. The molecule has 2 N–H and O–H groups in total. The molecule has 0 saturated heterocycles. The summed E-state index contributed by atoms with van der Waals surface area (Å²) < 4.78 is 0. The molecular weight excluding hydrogens is 264 g/mol. The van der Waals surface area contributed by atoms with Crippen LogP contribution in [0.1, 0.15) is 16.1 Å². The maximum Gasteiger partial charge on any atom is 0.271 e. The summed E-state index contributed by atoms with van der Waals surface area (Å²) in [6.07, 6.45) is 0. The number of nitrogens with zero attached hydrogens (tertiary/aromatic N) is 2. The predicted molar refractivity (Wildman–Crippen MR) is 74.2 cm³/mol. The lowest BCUT2D eigenvalue weighted by Gasteiger charge is -2.05. The molecule has 1 heterocycles. The van der Waals surface area contributed by atoms with Crippen LogP contribution in [0, 0.1) is 0 Å². The number of amides is 1. The number of hydrogen-bond acceptors (Lipinski definition) is 4. The number of nitrogens with one attached hydrogen (secondary N) is 2. The van der Waals surface area contributed by atoms with Gasteiger partial charge < -0.3 is 10.6 Å². The van der Waals surface area contributed by atoms with Crippen molar-refractivity contribution in [1.82, 2.24) is 15.5 Å². The van der Waals surface area contributed by atoms with Crippen LogP contribution in [0.3, 0.4) is 0 Å². The third-order valence-electron chi connectivity index (χ3n) is 2.49. The highest BCUT2D eigenvalue weighted by Gasteiger charge is 2.05. The zero-order chi connectivity index (χ0) is 13.7. The predicted octanol–water partition coefficient (Wildman–Crippen LogP) is 2.10. The lowest BCUT2D eigenvalue weighted by molar-refractivity contribution is 0.0957. The minimum atomic E-state index is -0.256. The first kappa shape index (κ1) is 13.3. The van der Waals surface area contributed by atoms with E-state index in [1.807, 2.05) is 24.3 Å². The van der Waals surface area contributed by atoms with E-state index in [0.717, 1.165) is 5.56 Å². The highest BCUT2D eigenvalue weighted by molar-refractivity contribution is 6.30. The molecule has 6 heteroatoms. The first-order chi connectivity index (χ1) is 9.19.